The van der Waals surface area contributed by atoms with E-state index in [0.717, 1.165) is 5.69 Å². The molecule has 0 radical (unpaired) electrons. The first-order valence-electron chi connectivity index (χ1n) is 9.45. The number of anilines is 1. The minimum atomic E-state index is -0.163. The second kappa shape index (κ2) is 9.32. The fourth-order valence-corrected chi connectivity index (χ4v) is 2.97. The van der Waals surface area contributed by atoms with Gasteiger partial charge in [-0.1, -0.05) is 30.3 Å². The van der Waals surface area contributed by atoms with Crippen molar-refractivity contribution < 1.29 is 14.1 Å². The van der Waals surface area contributed by atoms with E-state index in [-0.39, 0.29) is 18.5 Å². The Hall–Kier alpha value is -2.94. The molecule has 2 heterocycles. The van der Waals surface area contributed by atoms with Gasteiger partial charge in [0.05, 0.1) is 13.1 Å². The normalized spacial score (nSPS) is 14.7. The summed E-state index contributed by atoms with van der Waals surface area (Å²) in [5.41, 5.74) is 0.873. The lowest BCUT2D eigenvalue weighted by Crippen LogP contribution is -2.53. The fourth-order valence-electron chi connectivity index (χ4n) is 2.97. The molecule has 3 amide bonds. The van der Waals surface area contributed by atoms with Crippen molar-refractivity contribution in [2.45, 2.75) is 19.9 Å². The molecule has 1 aliphatic rings. The zero-order chi connectivity index (χ0) is 19.9. The summed E-state index contributed by atoms with van der Waals surface area (Å²) < 4.78 is 5.07. The Morgan fingerprint density at radius 1 is 1.18 bits per heavy atom. The molecule has 1 aliphatic heterocycles. The third-order valence-electron chi connectivity index (χ3n) is 4.75. The number of rotatable bonds is 6. The lowest BCUT2D eigenvalue weighted by molar-refractivity contribution is -0.119. The predicted molar refractivity (Wildman–Crippen MR) is 104 cm³/mol. The Morgan fingerprint density at radius 3 is 2.54 bits per heavy atom. The Morgan fingerprint density at radius 2 is 1.89 bits per heavy atom. The van der Waals surface area contributed by atoms with Crippen molar-refractivity contribution in [2.24, 2.45) is 0 Å². The van der Waals surface area contributed by atoms with Gasteiger partial charge in [-0.25, -0.2) is 4.79 Å². The van der Waals surface area contributed by atoms with Gasteiger partial charge in [0.25, 0.3) is 0 Å². The van der Waals surface area contributed by atoms with Gasteiger partial charge in [0, 0.05) is 45.3 Å². The zero-order valence-electron chi connectivity index (χ0n) is 16.3. The smallest absolute Gasteiger partial charge is 0.317 e. The maximum absolute atomic E-state index is 12.5. The Bertz CT molecular complexity index is 786. The van der Waals surface area contributed by atoms with Gasteiger partial charge in [0.15, 0.2) is 5.82 Å². The summed E-state index contributed by atoms with van der Waals surface area (Å²) in [6.07, 6.45) is 0.692. The van der Waals surface area contributed by atoms with E-state index in [1.54, 1.807) is 16.8 Å². The van der Waals surface area contributed by atoms with Gasteiger partial charge in [-0.3, -0.25) is 9.69 Å². The van der Waals surface area contributed by atoms with E-state index in [1.165, 1.54) is 0 Å². The van der Waals surface area contributed by atoms with Crippen LogP contribution in [0.5, 0.6) is 0 Å². The SMILES string of the molecule is CCc1noc(CNC(=O)N2CCN(CC(=O)N(C)c3ccccc3)CC2)n1. The standard InChI is InChI=1S/C19H26N6O3/c1-3-16-21-17(28-22-16)13-20-19(27)25-11-9-24(10-12-25)14-18(26)23(2)15-7-5-4-6-8-15/h4-8H,3,9-14H2,1-2H3,(H,20,27). The van der Waals surface area contributed by atoms with Gasteiger partial charge in [-0.15, -0.1) is 0 Å². The number of urea groups is 1. The Kier molecular flexibility index (Phi) is 6.59. The van der Waals surface area contributed by atoms with Crippen LogP contribution in [0.1, 0.15) is 18.6 Å². The molecule has 3 rings (SSSR count). The van der Waals surface area contributed by atoms with Crippen LogP contribution in [0.15, 0.2) is 34.9 Å². The van der Waals surface area contributed by atoms with Crippen molar-refractivity contribution in [1.82, 2.24) is 25.3 Å². The first-order chi connectivity index (χ1) is 13.6. The molecular formula is C19H26N6O3. The quantitative estimate of drug-likeness (QED) is 0.800. The molecule has 0 spiro atoms. The zero-order valence-corrected chi connectivity index (χ0v) is 16.3. The number of piperazine rings is 1. The predicted octanol–water partition coefficient (Wildman–Crippen LogP) is 1.12. The molecule has 9 heteroatoms. The summed E-state index contributed by atoms with van der Waals surface area (Å²) >= 11 is 0. The molecule has 28 heavy (non-hydrogen) atoms. The Labute approximate surface area is 164 Å². The molecule has 1 fully saturated rings. The lowest BCUT2D eigenvalue weighted by Gasteiger charge is -2.34. The van der Waals surface area contributed by atoms with Crippen LogP contribution in [-0.2, 0) is 17.8 Å². The molecule has 2 aromatic rings. The van der Waals surface area contributed by atoms with E-state index in [0.29, 0.717) is 50.9 Å². The first kappa shape index (κ1) is 19.8. The van der Waals surface area contributed by atoms with E-state index < -0.39 is 0 Å². The van der Waals surface area contributed by atoms with Crippen LogP contribution in [0.2, 0.25) is 0 Å². The molecule has 150 valence electrons. The van der Waals surface area contributed by atoms with Gasteiger partial charge < -0.3 is 19.6 Å². The van der Waals surface area contributed by atoms with Gasteiger partial charge in [0.2, 0.25) is 11.8 Å². The van der Waals surface area contributed by atoms with Crippen molar-refractivity contribution in [3.63, 3.8) is 0 Å². The highest BCUT2D eigenvalue weighted by atomic mass is 16.5. The number of likely N-dealkylation sites (N-methyl/N-ethyl adjacent to an activating group) is 1. The summed E-state index contributed by atoms with van der Waals surface area (Å²) in [5.74, 6) is 1.06. The molecule has 0 aliphatic carbocycles. The number of aryl methyl sites for hydroxylation is 1. The lowest BCUT2D eigenvalue weighted by atomic mass is 10.2. The second-order valence-electron chi connectivity index (χ2n) is 6.67. The van der Waals surface area contributed by atoms with Crippen LogP contribution < -0.4 is 10.2 Å². The number of hydrogen-bond acceptors (Lipinski definition) is 6. The van der Waals surface area contributed by atoms with Crippen LogP contribution in [0, 0.1) is 0 Å². The van der Waals surface area contributed by atoms with Crippen LogP contribution in [0.4, 0.5) is 10.5 Å². The number of benzene rings is 1. The van der Waals surface area contributed by atoms with Crippen molar-refractivity contribution in [3.8, 4) is 0 Å². The second-order valence-corrected chi connectivity index (χ2v) is 6.67. The summed E-state index contributed by atoms with van der Waals surface area (Å²) in [5, 5.41) is 6.60. The van der Waals surface area contributed by atoms with Crippen LogP contribution >= 0.6 is 0 Å². The molecule has 0 saturated carbocycles. The number of carbonyl (C=O) groups is 2. The van der Waals surface area contributed by atoms with Crippen LogP contribution in [0.3, 0.4) is 0 Å². The molecular weight excluding hydrogens is 360 g/mol. The average molecular weight is 386 g/mol. The number of nitrogens with one attached hydrogen (secondary N) is 1. The number of hydrogen-bond donors (Lipinski definition) is 1. The van der Waals surface area contributed by atoms with Gasteiger partial charge in [-0.2, -0.15) is 4.98 Å². The molecule has 0 bridgehead atoms. The molecule has 0 atom stereocenters. The van der Waals surface area contributed by atoms with E-state index in [1.807, 2.05) is 37.3 Å². The van der Waals surface area contributed by atoms with Gasteiger partial charge >= 0.3 is 6.03 Å². The Balaban J connectivity index is 1.41. The van der Waals surface area contributed by atoms with Crippen LogP contribution in [-0.4, -0.2) is 71.7 Å². The maximum Gasteiger partial charge on any atom is 0.317 e. The number of aromatic nitrogens is 2. The summed E-state index contributed by atoms with van der Waals surface area (Å²) in [6.45, 7) is 4.94. The third-order valence-corrected chi connectivity index (χ3v) is 4.75. The molecule has 1 aromatic carbocycles. The topological polar surface area (TPSA) is 94.8 Å². The van der Waals surface area contributed by atoms with Gasteiger partial charge in [-0.05, 0) is 12.1 Å². The highest BCUT2D eigenvalue weighted by molar-refractivity contribution is 5.94. The minimum absolute atomic E-state index is 0.0345. The fraction of sp³-hybridized carbons (Fsp3) is 0.474. The van der Waals surface area contributed by atoms with Crippen molar-refractivity contribution in [1.29, 1.82) is 0 Å². The first-order valence-corrected chi connectivity index (χ1v) is 9.45. The number of nitrogens with zero attached hydrogens (tertiary/aromatic N) is 5. The van der Waals surface area contributed by atoms with Gasteiger partial charge in [0.1, 0.15) is 0 Å². The largest absolute Gasteiger partial charge is 0.337 e. The molecule has 1 aromatic heterocycles. The molecule has 1 N–H and O–H groups in total. The van der Waals surface area contributed by atoms with Crippen molar-refractivity contribution in [3.05, 3.63) is 42.0 Å². The van der Waals surface area contributed by atoms with Crippen molar-refractivity contribution >= 4 is 17.6 Å². The molecule has 1 saturated heterocycles. The average Bonchev–Trinajstić information content (AvgIpc) is 3.20. The van der Waals surface area contributed by atoms with E-state index in [2.05, 4.69) is 20.4 Å². The molecule has 0 unspecified atom stereocenters. The van der Waals surface area contributed by atoms with E-state index >= 15 is 0 Å². The summed E-state index contributed by atoms with van der Waals surface area (Å²) in [7, 11) is 1.78. The van der Waals surface area contributed by atoms with E-state index in [4.69, 9.17) is 4.52 Å². The summed E-state index contributed by atoms with van der Waals surface area (Å²) in [6, 6.07) is 9.40. The summed E-state index contributed by atoms with van der Waals surface area (Å²) in [4.78, 5) is 34.4. The molecule has 9 nitrogen and oxygen atoms in total. The monoisotopic (exact) mass is 386 g/mol. The van der Waals surface area contributed by atoms with E-state index in [9.17, 15) is 9.59 Å². The minimum Gasteiger partial charge on any atom is -0.337 e. The maximum atomic E-state index is 12.5. The number of carbonyl (C=O) groups excluding carboxylic acids is 2. The van der Waals surface area contributed by atoms with Crippen molar-refractivity contribution in [2.75, 3.05) is 44.7 Å². The highest BCUT2D eigenvalue weighted by Gasteiger charge is 2.24. The third kappa shape index (κ3) is 5.07. The van der Waals surface area contributed by atoms with Crippen LogP contribution in [0.25, 0.3) is 0 Å². The number of amides is 3. The highest BCUT2D eigenvalue weighted by Crippen LogP contribution is 2.12. The number of para-hydroxylation sites is 1.